The van der Waals surface area contributed by atoms with Gasteiger partial charge < -0.3 is 9.72 Å². The van der Waals surface area contributed by atoms with Crippen molar-refractivity contribution in [3.63, 3.8) is 0 Å². The molecule has 5 nitrogen and oxygen atoms in total. The second kappa shape index (κ2) is 6.11. The van der Waals surface area contributed by atoms with Crippen molar-refractivity contribution in [2.24, 2.45) is 0 Å². The van der Waals surface area contributed by atoms with Gasteiger partial charge in [0.15, 0.2) is 0 Å². The lowest BCUT2D eigenvalue weighted by Crippen LogP contribution is -1.95. The third-order valence-corrected chi connectivity index (χ3v) is 3.81. The first-order chi connectivity index (χ1) is 11.2. The second-order valence-electron chi connectivity index (χ2n) is 4.83. The Hall–Kier alpha value is -2.84. The first-order valence-corrected chi connectivity index (χ1v) is 7.42. The summed E-state index contributed by atoms with van der Waals surface area (Å²) in [6.45, 7) is 5.77. The number of nitrogens with one attached hydrogen (secondary N) is 1. The largest absolute Gasteiger partial charge is 0.424 e. The molecule has 3 rings (SSSR count). The van der Waals surface area contributed by atoms with Gasteiger partial charge in [0, 0.05) is 5.69 Å². The van der Waals surface area contributed by atoms with Crippen molar-refractivity contribution in [2.45, 2.75) is 13.3 Å². The average molecular weight is 325 g/mol. The molecule has 0 saturated carbocycles. The van der Waals surface area contributed by atoms with Gasteiger partial charge in [-0.05, 0) is 30.7 Å². The lowest BCUT2D eigenvalue weighted by atomic mass is 10.2. The number of nitriles is 1. The highest BCUT2D eigenvalue weighted by molar-refractivity contribution is 6.36. The summed E-state index contributed by atoms with van der Waals surface area (Å²) in [5, 5.41) is 10.3. The van der Waals surface area contributed by atoms with Crippen LogP contribution in [0.5, 0.6) is 11.8 Å². The molecule has 0 radical (unpaired) electrons. The van der Waals surface area contributed by atoms with E-state index >= 15 is 0 Å². The molecule has 6 heteroatoms. The zero-order valence-corrected chi connectivity index (χ0v) is 13.2. The number of hydrogen-bond donors (Lipinski definition) is 1. The molecule has 23 heavy (non-hydrogen) atoms. The van der Waals surface area contributed by atoms with Crippen molar-refractivity contribution in [1.82, 2.24) is 15.0 Å². The fraction of sp³-hybridized carbons (Fsp3) is 0.118. The third kappa shape index (κ3) is 2.77. The minimum absolute atomic E-state index is 0.169. The Morgan fingerprint density at radius 1 is 1.43 bits per heavy atom. The van der Waals surface area contributed by atoms with Crippen LogP contribution >= 0.6 is 11.6 Å². The number of aryl methyl sites for hydroxylation is 1. The molecule has 1 aromatic carbocycles. The van der Waals surface area contributed by atoms with Gasteiger partial charge in [0.25, 0.3) is 0 Å². The number of nitrogens with zero attached hydrogens (tertiary/aromatic N) is 3. The van der Waals surface area contributed by atoms with Gasteiger partial charge in [-0.15, -0.1) is 0 Å². The summed E-state index contributed by atoms with van der Waals surface area (Å²) in [5.41, 5.74) is 2.59. The van der Waals surface area contributed by atoms with E-state index in [9.17, 15) is 0 Å². The molecule has 0 saturated heterocycles. The van der Waals surface area contributed by atoms with Gasteiger partial charge in [-0.1, -0.05) is 31.2 Å². The summed E-state index contributed by atoms with van der Waals surface area (Å²) < 4.78 is 5.67. The number of benzene rings is 1. The maximum Gasteiger partial charge on any atom is 0.324 e. The van der Waals surface area contributed by atoms with E-state index in [4.69, 9.17) is 21.6 Å². The molecule has 0 spiro atoms. The quantitative estimate of drug-likeness (QED) is 0.767. The third-order valence-electron chi connectivity index (χ3n) is 3.39. The number of aromatic amines is 1. The molecule has 0 aliphatic heterocycles. The second-order valence-corrected chi connectivity index (χ2v) is 5.21. The van der Waals surface area contributed by atoms with E-state index in [0.29, 0.717) is 27.7 Å². The fourth-order valence-electron chi connectivity index (χ4n) is 2.28. The highest BCUT2D eigenvalue weighted by Gasteiger charge is 2.15. The van der Waals surface area contributed by atoms with Crippen LogP contribution in [0, 0.1) is 11.3 Å². The molecule has 114 valence electrons. The summed E-state index contributed by atoms with van der Waals surface area (Å²) in [6, 6.07) is 9.03. The number of rotatable bonds is 4. The monoisotopic (exact) mass is 324 g/mol. The molecule has 0 unspecified atom stereocenters. The van der Waals surface area contributed by atoms with Crippen LogP contribution in [-0.2, 0) is 6.42 Å². The highest BCUT2D eigenvalue weighted by atomic mass is 35.5. The average Bonchev–Trinajstić information content (AvgIpc) is 2.90. The summed E-state index contributed by atoms with van der Waals surface area (Å²) in [6.07, 6.45) is 2.37. The Labute approximate surface area is 138 Å². The van der Waals surface area contributed by atoms with Crippen LogP contribution in [0.2, 0.25) is 5.02 Å². The van der Waals surface area contributed by atoms with Crippen LogP contribution in [-0.4, -0.2) is 15.0 Å². The molecule has 0 aliphatic rings. The van der Waals surface area contributed by atoms with E-state index in [2.05, 4.69) is 27.6 Å². The predicted molar refractivity (Wildman–Crippen MR) is 89.6 cm³/mol. The minimum atomic E-state index is 0.169. The van der Waals surface area contributed by atoms with Gasteiger partial charge in [-0.3, -0.25) is 0 Å². The molecule has 0 aliphatic carbocycles. The van der Waals surface area contributed by atoms with Crippen molar-refractivity contribution < 1.29 is 4.74 Å². The standard InChI is InChI=1S/C17H13ClN4O/c1-3-12-14-15(18)13(4-2)20-16(14)22-17(21-12)23-11-7-5-6-10(8-11)9-19/h3,5-8H,1,4H2,2H3,(H,20,21,22). The molecule has 1 N–H and O–H groups in total. The van der Waals surface area contributed by atoms with Crippen LogP contribution in [0.4, 0.5) is 0 Å². The zero-order valence-electron chi connectivity index (χ0n) is 12.4. The molecule has 3 aromatic rings. The lowest BCUT2D eigenvalue weighted by Gasteiger charge is -2.05. The number of hydrogen-bond acceptors (Lipinski definition) is 4. The van der Waals surface area contributed by atoms with Gasteiger partial charge in [-0.25, -0.2) is 0 Å². The van der Waals surface area contributed by atoms with Gasteiger partial charge >= 0.3 is 6.01 Å². The van der Waals surface area contributed by atoms with E-state index in [0.717, 1.165) is 17.5 Å². The summed E-state index contributed by atoms with van der Waals surface area (Å²) in [7, 11) is 0. The Bertz CT molecular complexity index is 940. The first kappa shape index (κ1) is 15.1. The Morgan fingerprint density at radius 2 is 2.26 bits per heavy atom. The first-order valence-electron chi connectivity index (χ1n) is 7.04. The van der Waals surface area contributed by atoms with Gasteiger partial charge in [0.1, 0.15) is 11.4 Å². The zero-order chi connectivity index (χ0) is 16.4. The Kier molecular flexibility index (Phi) is 4.00. The number of aromatic nitrogens is 3. The SMILES string of the molecule is C=Cc1nc(Oc2cccc(C#N)c2)nc2[nH]c(CC)c(Cl)c12. The minimum Gasteiger partial charge on any atom is -0.424 e. The van der Waals surface area contributed by atoms with Crippen LogP contribution in [0.25, 0.3) is 17.1 Å². The molecule has 0 fully saturated rings. The summed E-state index contributed by atoms with van der Waals surface area (Å²) >= 11 is 6.36. The van der Waals surface area contributed by atoms with E-state index in [1.165, 1.54) is 0 Å². The highest BCUT2D eigenvalue weighted by Crippen LogP contribution is 2.31. The molecule has 0 bridgehead atoms. The fourth-order valence-corrected chi connectivity index (χ4v) is 2.65. The summed E-state index contributed by atoms with van der Waals surface area (Å²) in [4.78, 5) is 11.9. The molecule has 2 heterocycles. The van der Waals surface area contributed by atoms with Crippen LogP contribution in [0.1, 0.15) is 23.9 Å². The van der Waals surface area contributed by atoms with Gasteiger partial charge in [0.2, 0.25) is 0 Å². The Balaban J connectivity index is 2.08. The van der Waals surface area contributed by atoms with Crippen LogP contribution < -0.4 is 4.74 Å². The smallest absolute Gasteiger partial charge is 0.324 e. The molecular weight excluding hydrogens is 312 g/mol. The molecule has 0 amide bonds. The van der Waals surface area contributed by atoms with Crippen molar-refractivity contribution >= 4 is 28.7 Å². The number of H-pyrrole nitrogens is 1. The lowest BCUT2D eigenvalue weighted by molar-refractivity contribution is 0.443. The summed E-state index contributed by atoms with van der Waals surface area (Å²) in [5.74, 6) is 0.492. The molecule has 2 aromatic heterocycles. The number of fused-ring (bicyclic) bond motifs is 1. The van der Waals surface area contributed by atoms with Crippen molar-refractivity contribution in [1.29, 1.82) is 5.26 Å². The maximum atomic E-state index is 8.94. The number of ether oxygens (including phenoxy) is 1. The predicted octanol–water partition coefficient (Wildman–Crippen LogP) is 4.48. The van der Waals surface area contributed by atoms with Crippen molar-refractivity contribution in [3.8, 4) is 17.8 Å². The van der Waals surface area contributed by atoms with Gasteiger partial charge in [-0.2, -0.15) is 15.2 Å². The van der Waals surface area contributed by atoms with Crippen LogP contribution in [0.15, 0.2) is 30.8 Å². The van der Waals surface area contributed by atoms with Gasteiger partial charge in [0.05, 0.1) is 27.7 Å². The normalized spacial score (nSPS) is 10.5. The Morgan fingerprint density at radius 3 is 2.96 bits per heavy atom. The van der Waals surface area contributed by atoms with E-state index < -0.39 is 0 Å². The maximum absolute atomic E-state index is 8.94. The van der Waals surface area contributed by atoms with Crippen LogP contribution in [0.3, 0.4) is 0 Å². The topological polar surface area (TPSA) is 74.6 Å². The van der Waals surface area contributed by atoms with E-state index in [1.807, 2.05) is 6.92 Å². The van der Waals surface area contributed by atoms with E-state index in [1.54, 1.807) is 30.3 Å². The number of halogens is 1. The van der Waals surface area contributed by atoms with Crippen molar-refractivity contribution in [3.05, 3.63) is 52.8 Å². The van der Waals surface area contributed by atoms with Crippen molar-refractivity contribution in [2.75, 3.05) is 0 Å². The molecular formula is C17H13ClN4O. The molecule has 0 atom stereocenters. The van der Waals surface area contributed by atoms with E-state index in [-0.39, 0.29) is 6.01 Å².